The van der Waals surface area contributed by atoms with Gasteiger partial charge in [0.15, 0.2) is 0 Å². The monoisotopic (exact) mass is 422 g/mol. The minimum Gasteiger partial charge on any atom is -0.465 e. The van der Waals surface area contributed by atoms with Crippen molar-refractivity contribution in [1.82, 2.24) is 10.3 Å². The van der Waals surface area contributed by atoms with Crippen molar-refractivity contribution < 1.29 is 14.3 Å². The van der Waals surface area contributed by atoms with E-state index in [9.17, 15) is 9.59 Å². The number of carbonyl (C=O) groups excluding carboxylic acids is 2. The number of benzene rings is 2. The Morgan fingerprint density at radius 2 is 1.87 bits per heavy atom. The molecule has 0 radical (unpaired) electrons. The number of amides is 1. The van der Waals surface area contributed by atoms with Gasteiger partial charge in [-0.2, -0.15) is 0 Å². The minimum atomic E-state index is -0.394. The predicted octanol–water partition coefficient (Wildman–Crippen LogP) is 4.91. The summed E-state index contributed by atoms with van der Waals surface area (Å²) >= 11 is 6.09. The smallest absolute Gasteiger partial charge is 0.337 e. The van der Waals surface area contributed by atoms with Crippen LogP contribution >= 0.6 is 11.6 Å². The van der Waals surface area contributed by atoms with Crippen LogP contribution in [0.2, 0.25) is 5.02 Å². The number of nitrogens with zero attached hydrogens (tertiary/aromatic N) is 1. The average Bonchev–Trinajstić information content (AvgIpc) is 2.74. The van der Waals surface area contributed by atoms with Crippen LogP contribution in [0.4, 0.5) is 0 Å². The van der Waals surface area contributed by atoms with E-state index in [0.29, 0.717) is 28.3 Å². The average molecular weight is 423 g/mol. The molecule has 0 saturated carbocycles. The number of aryl methyl sites for hydroxylation is 1. The first-order chi connectivity index (χ1) is 14.4. The van der Waals surface area contributed by atoms with Gasteiger partial charge in [0, 0.05) is 17.6 Å². The summed E-state index contributed by atoms with van der Waals surface area (Å²) in [7, 11) is 1.34. The number of hydrogen-bond acceptors (Lipinski definition) is 4. The summed E-state index contributed by atoms with van der Waals surface area (Å²) in [5.74, 6) is -0.595. The third kappa shape index (κ3) is 5.24. The van der Waals surface area contributed by atoms with Gasteiger partial charge in [-0.1, -0.05) is 35.9 Å². The van der Waals surface area contributed by atoms with Gasteiger partial charge in [0.05, 0.1) is 30.0 Å². The molecule has 3 aromatic rings. The van der Waals surface area contributed by atoms with Crippen molar-refractivity contribution in [3.63, 3.8) is 0 Å². The highest BCUT2D eigenvalue weighted by molar-refractivity contribution is 6.30. The Morgan fingerprint density at radius 3 is 2.53 bits per heavy atom. The number of carbonyl (C=O) groups is 2. The molecular formula is C24H23ClN2O3. The molecule has 0 spiro atoms. The van der Waals surface area contributed by atoms with Crippen LogP contribution in [0.5, 0.6) is 0 Å². The van der Waals surface area contributed by atoms with Gasteiger partial charge in [-0.3, -0.25) is 9.78 Å². The number of methoxy groups -OCH3 is 1. The number of pyridine rings is 1. The van der Waals surface area contributed by atoms with Gasteiger partial charge in [0.1, 0.15) is 0 Å². The number of aromatic nitrogens is 1. The van der Waals surface area contributed by atoms with E-state index < -0.39 is 5.97 Å². The molecule has 3 rings (SSSR count). The number of halogens is 1. The maximum Gasteiger partial charge on any atom is 0.337 e. The molecule has 1 unspecified atom stereocenters. The van der Waals surface area contributed by atoms with Gasteiger partial charge in [-0.15, -0.1) is 0 Å². The van der Waals surface area contributed by atoms with Crippen molar-refractivity contribution in [1.29, 1.82) is 0 Å². The highest BCUT2D eigenvalue weighted by Crippen LogP contribution is 2.19. The van der Waals surface area contributed by atoms with Crippen molar-refractivity contribution in [2.75, 3.05) is 7.11 Å². The van der Waals surface area contributed by atoms with Crippen LogP contribution < -0.4 is 5.32 Å². The van der Waals surface area contributed by atoms with Crippen LogP contribution in [-0.2, 0) is 11.2 Å². The Kier molecular flexibility index (Phi) is 6.85. The maximum atomic E-state index is 13.0. The summed E-state index contributed by atoms with van der Waals surface area (Å²) in [5.41, 5.74) is 4.46. The number of ether oxygens (including phenoxy) is 1. The summed E-state index contributed by atoms with van der Waals surface area (Å²) in [5, 5.41) is 3.67. The zero-order valence-corrected chi connectivity index (χ0v) is 17.9. The Morgan fingerprint density at radius 1 is 1.13 bits per heavy atom. The molecule has 0 aliphatic carbocycles. The minimum absolute atomic E-state index is 0.201. The fourth-order valence-electron chi connectivity index (χ4n) is 3.16. The molecule has 1 atom stereocenters. The highest BCUT2D eigenvalue weighted by Gasteiger charge is 2.17. The fourth-order valence-corrected chi connectivity index (χ4v) is 3.37. The van der Waals surface area contributed by atoms with Crippen LogP contribution in [0.25, 0.3) is 0 Å². The molecule has 6 heteroatoms. The van der Waals surface area contributed by atoms with Crippen LogP contribution in [0.1, 0.15) is 56.1 Å². The summed E-state index contributed by atoms with van der Waals surface area (Å²) in [6.45, 7) is 3.80. The Hall–Kier alpha value is -3.18. The lowest BCUT2D eigenvalue weighted by atomic mass is 10.0. The van der Waals surface area contributed by atoms with Crippen molar-refractivity contribution in [2.45, 2.75) is 26.3 Å². The van der Waals surface area contributed by atoms with E-state index in [1.807, 2.05) is 44.2 Å². The molecule has 0 aliphatic heterocycles. The summed E-state index contributed by atoms with van der Waals surface area (Å²) < 4.78 is 4.72. The fraction of sp³-hybridized carbons (Fsp3) is 0.208. The van der Waals surface area contributed by atoms with Gasteiger partial charge < -0.3 is 10.1 Å². The van der Waals surface area contributed by atoms with Crippen molar-refractivity contribution in [3.8, 4) is 0 Å². The molecular weight excluding hydrogens is 400 g/mol. The zero-order chi connectivity index (χ0) is 21.7. The lowest BCUT2D eigenvalue weighted by molar-refractivity contribution is 0.0600. The normalized spacial score (nSPS) is 11.6. The number of nitrogens with one attached hydrogen (secondary N) is 1. The van der Waals surface area contributed by atoms with E-state index in [-0.39, 0.29) is 11.9 Å². The number of hydrogen-bond donors (Lipinski definition) is 1. The van der Waals surface area contributed by atoms with Crippen molar-refractivity contribution in [3.05, 3.63) is 99.3 Å². The van der Waals surface area contributed by atoms with Crippen LogP contribution in [0, 0.1) is 6.92 Å². The maximum absolute atomic E-state index is 13.0. The van der Waals surface area contributed by atoms with Gasteiger partial charge in [0.25, 0.3) is 5.91 Å². The lowest BCUT2D eigenvalue weighted by Crippen LogP contribution is -2.28. The first-order valence-corrected chi connectivity index (χ1v) is 9.94. The first-order valence-electron chi connectivity index (χ1n) is 9.56. The molecule has 154 valence electrons. The molecule has 5 nitrogen and oxygen atoms in total. The first kappa shape index (κ1) is 21.5. The molecule has 0 saturated heterocycles. The quantitative estimate of drug-likeness (QED) is 0.573. The van der Waals surface area contributed by atoms with Gasteiger partial charge in [0.2, 0.25) is 0 Å². The van der Waals surface area contributed by atoms with E-state index >= 15 is 0 Å². The molecule has 1 amide bonds. The second-order valence-corrected chi connectivity index (χ2v) is 7.56. The van der Waals surface area contributed by atoms with Gasteiger partial charge in [-0.05, 0) is 60.9 Å². The van der Waals surface area contributed by atoms with Gasteiger partial charge >= 0.3 is 5.97 Å². The SMILES string of the molecule is COC(=O)c1ccc(C(C)NC(=O)c2cc(C)cnc2Cc2cccc(Cl)c2)cc1. The molecule has 2 aromatic carbocycles. The van der Waals surface area contributed by atoms with E-state index in [0.717, 1.165) is 16.7 Å². The predicted molar refractivity (Wildman–Crippen MR) is 117 cm³/mol. The molecule has 1 N–H and O–H groups in total. The topological polar surface area (TPSA) is 68.3 Å². The Balaban J connectivity index is 1.79. The lowest BCUT2D eigenvalue weighted by Gasteiger charge is -2.16. The van der Waals surface area contributed by atoms with Crippen LogP contribution in [0.3, 0.4) is 0 Å². The molecule has 1 aromatic heterocycles. The number of rotatable bonds is 6. The summed E-state index contributed by atoms with van der Waals surface area (Å²) in [4.78, 5) is 29.1. The highest BCUT2D eigenvalue weighted by atomic mass is 35.5. The van der Waals surface area contributed by atoms with E-state index in [4.69, 9.17) is 16.3 Å². The second-order valence-electron chi connectivity index (χ2n) is 7.12. The van der Waals surface area contributed by atoms with E-state index in [1.165, 1.54) is 7.11 Å². The Bertz CT molecular complexity index is 1060. The molecule has 1 heterocycles. The Labute approximate surface area is 181 Å². The number of esters is 1. The third-order valence-corrected chi connectivity index (χ3v) is 5.03. The summed E-state index contributed by atoms with van der Waals surface area (Å²) in [6, 6.07) is 16.1. The molecule has 30 heavy (non-hydrogen) atoms. The van der Waals surface area contributed by atoms with Crippen molar-refractivity contribution in [2.24, 2.45) is 0 Å². The van der Waals surface area contributed by atoms with Crippen LogP contribution in [-0.4, -0.2) is 24.0 Å². The standard InChI is InChI=1S/C24H23ClN2O3/c1-15-11-21(22(26-14-15)13-17-5-4-6-20(25)12-17)23(28)27-16(2)18-7-9-19(10-8-18)24(29)30-3/h4-12,14,16H,13H2,1-3H3,(H,27,28). The van der Waals surface area contributed by atoms with Gasteiger partial charge in [-0.25, -0.2) is 4.79 Å². The molecule has 0 bridgehead atoms. The van der Waals surface area contributed by atoms with E-state index in [1.54, 1.807) is 30.5 Å². The third-order valence-electron chi connectivity index (χ3n) is 4.79. The van der Waals surface area contributed by atoms with Crippen LogP contribution in [0.15, 0.2) is 60.8 Å². The molecule has 0 fully saturated rings. The largest absolute Gasteiger partial charge is 0.465 e. The van der Waals surface area contributed by atoms with E-state index in [2.05, 4.69) is 10.3 Å². The molecule has 0 aliphatic rings. The second kappa shape index (κ2) is 9.55. The zero-order valence-electron chi connectivity index (χ0n) is 17.1. The van der Waals surface area contributed by atoms with Crippen molar-refractivity contribution >= 4 is 23.5 Å². The summed E-state index contributed by atoms with van der Waals surface area (Å²) in [6.07, 6.45) is 2.26.